The molecule has 37 heavy (non-hydrogen) atoms. The summed E-state index contributed by atoms with van der Waals surface area (Å²) >= 11 is 18.8. The lowest BCUT2D eigenvalue weighted by Gasteiger charge is -2.30. The van der Waals surface area contributed by atoms with Gasteiger partial charge in [-0.05, 0) is 57.5 Å². The van der Waals surface area contributed by atoms with Crippen LogP contribution >= 0.6 is 34.8 Å². The molecular weight excluding hydrogens is 561 g/mol. The van der Waals surface area contributed by atoms with E-state index in [4.69, 9.17) is 39.5 Å². The average Bonchev–Trinajstić information content (AvgIpc) is 2.80. The van der Waals surface area contributed by atoms with E-state index < -0.39 is 16.1 Å². The van der Waals surface area contributed by atoms with Gasteiger partial charge in [-0.25, -0.2) is 8.42 Å². The summed E-state index contributed by atoms with van der Waals surface area (Å²) in [4.78, 5) is 27.5. The number of hydrogen-bond donors (Lipinski definition) is 1. The highest BCUT2D eigenvalue weighted by atomic mass is 35.5. The van der Waals surface area contributed by atoms with Crippen LogP contribution in [-0.4, -0.2) is 57.1 Å². The number of hydrogen-bond acceptors (Lipinski definition) is 5. The monoisotopic (exact) mass is 591 g/mol. The number of halogens is 3. The van der Waals surface area contributed by atoms with Crippen LogP contribution in [0, 0.1) is 0 Å². The molecule has 0 spiro atoms. The molecule has 0 aromatic heterocycles. The number of amides is 2. The van der Waals surface area contributed by atoms with Crippen molar-refractivity contribution in [1.29, 1.82) is 0 Å². The molecule has 0 heterocycles. The van der Waals surface area contributed by atoms with Crippen molar-refractivity contribution >= 4 is 62.3 Å². The van der Waals surface area contributed by atoms with Crippen molar-refractivity contribution in [3.63, 3.8) is 0 Å². The largest absolute Gasteiger partial charge is 0.495 e. The van der Waals surface area contributed by atoms with Crippen LogP contribution in [0.15, 0.2) is 36.4 Å². The van der Waals surface area contributed by atoms with Crippen LogP contribution in [0.5, 0.6) is 5.75 Å². The molecule has 0 aliphatic rings. The zero-order valence-electron chi connectivity index (χ0n) is 21.4. The van der Waals surface area contributed by atoms with Gasteiger partial charge in [0.1, 0.15) is 11.8 Å². The summed E-state index contributed by atoms with van der Waals surface area (Å²) in [6.07, 6.45) is 1.26. The molecule has 0 aliphatic carbocycles. The Hall–Kier alpha value is -2.20. The highest BCUT2D eigenvalue weighted by Gasteiger charge is 2.28. The highest BCUT2D eigenvalue weighted by Crippen LogP contribution is 2.31. The number of nitrogens with zero attached hydrogens (tertiary/aromatic N) is 2. The summed E-state index contributed by atoms with van der Waals surface area (Å²) in [5, 5.41) is 3.83. The molecule has 0 aliphatic heterocycles. The van der Waals surface area contributed by atoms with Crippen molar-refractivity contribution in [2.24, 2.45) is 0 Å². The molecular formula is C25H32Cl3N3O5S. The minimum Gasteiger partial charge on any atom is -0.495 e. The lowest BCUT2D eigenvalue weighted by atomic mass is 10.1. The normalized spacial score (nSPS) is 12.2. The van der Waals surface area contributed by atoms with E-state index in [0.717, 1.165) is 6.26 Å². The minimum absolute atomic E-state index is 0.0166. The van der Waals surface area contributed by atoms with Gasteiger partial charge in [-0.2, -0.15) is 0 Å². The van der Waals surface area contributed by atoms with Crippen molar-refractivity contribution in [3.8, 4) is 5.75 Å². The molecule has 0 fully saturated rings. The van der Waals surface area contributed by atoms with E-state index in [2.05, 4.69) is 5.32 Å². The third-order valence-electron chi connectivity index (χ3n) is 5.56. The number of rotatable bonds is 12. The maximum Gasteiger partial charge on any atom is 0.242 e. The molecule has 0 saturated carbocycles. The molecule has 1 N–H and O–H groups in total. The van der Waals surface area contributed by atoms with E-state index in [9.17, 15) is 18.0 Å². The fraction of sp³-hybridized carbons (Fsp3) is 0.440. The number of ether oxygens (including phenoxy) is 1. The third kappa shape index (κ3) is 8.67. The van der Waals surface area contributed by atoms with Gasteiger partial charge in [0.25, 0.3) is 0 Å². The lowest BCUT2D eigenvalue weighted by Crippen LogP contribution is -2.49. The maximum absolute atomic E-state index is 13.4. The van der Waals surface area contributed by atoms with Crippen LogP contribution in [0.2, 0.25) is 15.1 Å². The van der Waals surface area contributed by atoms with Crippen molar-refractivity contribution in [3.05, 3.63) is 57.0 Å². The van der Waals surface area contributed by atoms with Gasteiger partial charge in [-0.1, -0.05) is 40.9 Å². The first kappa shape index (κ1) is 31.0. The third-order valence-corrected chi connectivity index (χ3v) is 7.76. The molecule has 2 amide bonds. The zero-order valence-corrected chi connectivity index (χ0v) is 24.5. The van der Waals surface area contributed by atoms with Crippen molar-refractivity contribution in [2.75, 3.05) is 24.2 Å². The van der Waals surface area contributed by atoms with E-state index in [-0.39, 0.29) is 48.8 Å². The number of carbonyl (C=O) groups excluding carboxylic acids is 2. The topological polar surface area (TPSA) is 96.0 Å². The summed E-state index contributed by atoms with van der Waals surface area (Å²) in [5.41, 5.74) is 0.874. The van der Waals surface area contributed by atoms with Crippen molar-refractivity contribution in [2.45, 2.75) is 52.2 Å². The fourth-order valence-electron chi connectivity index (χ4n) is 3.66. The summed E-state index contributed by atoms with van der Waals surface area (Å²) < 4.78 is 31.3. The first-order valence-corrected chi connectivity index (χ1v) is 14.6. The predicted molar refractivity (Wildman–Crippen MR) is 149 cm³/mol. The molecule has 1 atom stereocenters. The predicted octanol–water partition coefficient (Wildman–Crippen LogP) is 5.14. The zero-order chi connectivity index (χ0) is 27.9. The average molecular weight is 593 g/mol. The Morgan fingerprint density at radius 1 is 1.03 bits per heavy atom. The first-order valence-electron chi connectivity index (χ1n) is 11.6. The number of nitrogens with one attached hydrogen (secondary N) is 1. The Kier molecular flexibility index (Phi) is 11.4. The SMILES string of the molecule is COc1ccc(N(CCCC(=O)N(Cc2c(Cl)cccc2Cl)C(C)C(=O)NC(C)C)S(C)(=O)=O)cc1Cl. The first-order chi connectivity index (χ1) is 17.3. The second kappa shape index (κ2) is 13.6. The van der Waals surface area contributed by atoms with Gasteiger partial charge in [0.2, 0.25) is 21.8 Å². The summed E-state index contributed by atoms with van der Waals surface area (Å²) in [7, 11) is -2.20. The molecule has 2 aromatic rings. The van der Waals surface area contributed by atoms with E-state index in [1.165, 1.54) is 22.4 Å². The Bertz CT molecular complexity index is 1200. The van der Waals surface area contributed by atoms with E-state index in [1.54, 1.807) is 37.3 Å². The number of methoxy groups -OCH3 is 1. The van der Waals surface area contributed by atoms with Gasteiger partial charge in [0.05, 0.1) is 24.1 Å². The van der Waals surface area contributed by atoms with E-state index >= 15 is 0 Å². The van der Waals surface area contributed by atoms with Crippen molar-refractivity contribution in [1.82, 2.24) is 10.2 Å². The maximum atomic E-state index is 13.4. The lowest BCUT2D eigenvalue weighted by molar-refractivity contribution is -0.140. The molecule has 0 bridgehead atoms. The molecule has 0 saturated heterocycles. The smallest absolute Gasteiger partial charge is 0.242 e. The highest BCUT2D eigenvalue weighted by molar-refractivity contribution is 7.92. The number of sulfonamides is 1. The van der Waals surface area contributed by atoms with Crippen LogP contribution in [0.3, 0.4) is 0 Å². The molecule has 12 heteroatoms. The molecule has 2 rings (SSSR count). The van der Waals surface area contributed by atoms with Gasteiger partial charge < -0.3 is 15.0 Å². The minimum atomic E-state index is -3.67. The Morgan fingerprint density at radius 3 is 2.16 bits per heavy atom. The van der Waals surface area contributed by atoms with Crippen LogP contribution in [0.1, 0.15) is 39.2 Å². The van der Waals surface area contributed by atoms with Crippen LogP contribution in [-0.2, 0) is 26.2 Å². The molecule has 204 valence electrons. The molecule has 1 unspecified atom stereocenters. The van der Waals surface area contributed by atoms with Crippen molar-refractivity contribution < 1.29 is 22.7 Å². The van der Waals surface area contributed by atoms with E-state index in [1.807, 2.05) is 13.8 Å². The van der Waals surface area contributed by atoms with Gasteiger partial charge >= 0.3 is 0 Å². The standard InChI is InChI=1S/C25H32Cl3N3O5S/c1-16(2)29-25(33)17(3)30(15-19-20(26)8-6-9-21(19)27)24(32)10-7-13-31(37(5,34)35)18-11-12-23(36-4)22(28)14-18/h6,8-9,11-12,14,16-17H,7,10,13,15H2,1-5H3,(H,29,33). The summed E-state index contributed by atoms with van der Waals surface area (Å²) in [6, 6.07) is 8.74. The summed E-state index contributed by atoms with van der Waals surface area (Å²) in [5.74, 6) is -0.252. The Morgan fingerprint density at radius 2 is 1.65 bits per heavy atom. The Labute approximate surface area is 233 Å². The van der Waals surface area contributed by atoms with Crippen LogP contribution < -0.4 is 14.4 Å². The fourth-order valence-corrected chi connectivity index (χ4v) is 5.38. The second-order valence-electron chi connectivity index (χ2n) is 8.82. The number of benzene rings is 2. The van der Waals surface area contributed by atoms with Gasteiger partial charge in [-0.3, -0.25) is 13.9 Å². The number of carbonyl (C=O) groups is 2. The van der Waals surface area contributed by atoms with Crippen LogP contribution in [0.4, 0.5) is 5.69 Å². The molecule has 2 aromatic carbocycles. The summed E-state index contributed by atoms with van der Waals surface area (Å²) in [6.45, 7) is 5.33. The molecule has 0 radical (unpaired) electrons. The second-order valence-corrected chi connectivity index (χ2v) is 11.9. The van der Waals surface area contributed by atoms with E-state index in [0.29, 0.717) is 27.0 Å². The quantitative estimate of drug-likeness (QED) is 0.368. The van der Waals surface area contributed by atoms with Gasteiger partial charge in [0, 0.05) is 41.2 Å². The molecule has 8 nitrogen and oxygen atoms in total. The van der Waals surface area contributed by atoms with Gasteiger partial charge in [-0.15, -0.1) is 0 Å². The van der Waals surface area contributed by atoms with Crippen LogP contribution in [0.25, 0.3) is 0 Å². The Balaban J connectivity index is 2.24. The number of anilines is 1. The van der Waals surface area contributed by atoms with Gasteiger partial charge in [0.15, 0.2) is 0 Å².